The summed E-state index contributed by atoms with van der Waals surface area (Å²) in [6.45, 7) is 7.29. The smallest absolute Gasteiger partial charge is 0.242 e. The van der Waals surface area contributed by atoms with E-state index >= 15 is 0 Å². The minimum absolute atomic E-state index is 0.174. The Bertz CT molecular complexity index is 1250. The van der Waals surface area contributed by atoms with Gasteiger partial charge in [-0.15, -0.1) is 0 Å². The van der Waals surface area contributed by atoms with Crippen LogP contribution in [0.25, 0.3) is 0 Å². The minimum atomic E-state index is -1.13. The SMILES string of the molecule is CCCN1C(=O)C(C)(C)C(=O)N(C)c2cc(OCCCNC(CCc3cccnc3)c3ccncc3)ccc21. The quantitative estimate of drug-likeness (QED) is 0.264. The Labute approximate surface area is 231 Å². The van der Waals surface area contributed by atoms with Gasteiger partial charge in [-0.3, -0.25) is 19.6 Å². The number of nitrogens with one attached hydrogen (secondary N) is 1. The van der Waals surface area contributed by atoms with Gasteiger partial charge in [-0.1, -0.05) is 13.0 Å². The van der Waals surface area contributed by atoms with Gasteiger partial charge in [0.05, 0.1) is 18.0 Å². The Morgan fingerprint density at radius 1 is 1.00 bits per heavy atom. The molecule has 39 heavy (non-hydrogen) atoms. The zero-order chi connectivity index (χ0) is 27.8. The lowest BCUT2D eigenvalue weighted by molar-refractivity contribution is -0.137. The van der Waals surface area contributed by atoms with Crippen molar-refractivity contribution < 1.29 is 14.3 Å². The van der Waals surface area contributed by atoms with Crippen LogP contribution >= 0.6 is 0 Å². The molecular weight excluding hydrogens is 490 g/mol. The Hall–Kier alpha value is -3.78. The highest BCUT2D eigenvalue weighted by molar-refractivity contribution is 6.20. The molecule has 2 amide bonds. The fourth-order valence-electron chi connectivity index (χ4n) is 4.98. The third kappa shape index (κ3) is 6.63. The van der Waals surface area contributed by atoms with Gasteiger partial charge in [-0.2, -0.15) is 0 Å². The Kier molecular flexibility index (Phi) is 9.30. The molecular formula is C31H39N5O3. The first-order valence-electron chi connectivity index (χ1n) is 13.7. The number of aryl methyl sites for hydroxylation is 1. The molecule has 4 rings (SSSR count). The molecule has 2 aromatic heterocycles. The standard InChI is InChI=1S/C31H39N5O3/c1-5-19-36-27-12-10-25(21-28(27)35(4)29(37)31(2,3)30(36)38)39-20-7-16-34-26(24-13-17-32-18-14-24)11-9-23-8-6-15-33-22-23/h6,8,10,12-15,17-18,21-22,26,34H,5,7,9,11,16,19-20H2,1-4H3. The zero-order valence-corrected chi connectivity index (χ0v) is 23.4. The third-order valence-corrected chi connectivity index (χ3v) is 7.20. The number of aromatic nitrogens is 2. The van der Waals surface area contributed by atoms with Gasteiger partial charge in [0.2, 0.25) is 11.8 Å². The van der Waals surface area contributed by atoms with Crippen molar-refractivity contribution in [2.45, 2.75) is 52.5 Å². The summed E-state index contributed by atoms with van der Waals surface area (Å²) in [5, 5.41) is 3.67. The van der Waals surface area contributed by atoms with Crippen LogP contribution in [-0.2, 0) is 16.0 Å². The van der Waals surface area contributed by atoms with Crippen LogP contribution in [0.5, 0.6) is 5.75 Å². The number of pyridine rings is 2. The highest BCUT2D eigenvalue weighted by atomic mass is 16.5. The van der Waals surface area contributed by atoms with Gasteiger partial charge >= 0.3 is 0 Å². The molecule has 0 bridgehead atoms. The third-order valence-electron chi connectivity index (χ3n) is 7.20. The molecule has 0 radical (unpaired) electrons. The fourth-order valence-corrected chi connectivity index (χ4v) is 4.98. The second-order valence-corrected chi connectivity index (χ2v) is 10.5. The second kappa shape index (κ2) is 12.8. The van der Waals surface area contributed by atoms with Crippen LogP contribution in [0.1, 0.15) is 57.2 Å². The van der Waals surface area contributed by atoms with Gasteiger partial charge < -0.3 is 19.9 Å². The molecule has 1 aliphatic rings. The second-order valence-electron chi connectivity index (χ2n) is 10.5. The maximum atomic E-state index is 13.2. The van der Waals surface area contributed by atoms with E-state index in [4.69, 9.17) is 4.74 Å². The number of carbonyl (C=O) groups excluding carboxylic acids is 2. The molecule has 206 valence electrons. The van der Waals surface area contributed by atoms with Crippen molar-refractivity contribution in [2.24, 2.45) is 5.41 Å². The Morgan fingerprint density at radius 3 is 2.51 bits per heavy atom. The zero-order valence-electron chi connectivity index (χ0n) is 23.4. The van der Waals surface area contributed by atoms with E-state index in [0.717, 1.165) is 37.9 Å². The molecule has 8 nitrogen and oxygen atoms in total. The van der Waals surface area contributed by atoms with Crippen molar-refractivity contribution in [2.75, 3.05) is 36.5 Å². The predicted octanol–water partition coefficient (Wildman–Crippen LogP) is 4.95. The summed E-state index contributed by atoms with van der Waals surface area (Å²) in [5.74, 6) is 0.286. The summed E-state index contributed by atoms with van der Waals surface area (Å²) in [5.41, 5.74) is 2.73. The van der Waals surface area contributed by atoms with Crippen LogP contribution in [0.15, 0.2) is 67.3 Å². The number of fused-ring (bicyclic) bond motifs is 1. The van der Waals surface area contributed by atoms with Crippen molar-refractivity contribution >= 4 is 23.2 Å². The van der Waals surface area contributed by atoms with Crippen LogP contribution in [0.3, 0.4) is 0 Å². The average molecular weight is 530 g/mol. The van der Waals surface area contributed by atoms with Crippen molar-refractivity contribution in [1.82, 2.24) is 15.3 Å². The monoisotopic (exact) mass is 529 g/mol. The van der Waals surface area contributed by atoms with E-state index in [-0.39, 0.29) is 17.9 Å². The lowest BCUT2D eigenvalue weighted by atomic mass is 9.90. The molecule has 1 atom stereocenters. The number of carbonyl (C=O) groups is 2. The van der Waals surface area contributed by atoms with Crippen LogP contribution in [0, 0.1) is 5.41 Å². The van der Waals surface area contributed by atoms with Gasteiger partial charge in [0.15, 0.2) is 0 Å². The van der Waals surface area contributed by atoms with E-state index in [9.17, 15) is 9.59 Å². The molecule has 0 spiro atoms. The van der Waals surface area contributed by atoms with Crippen molar-refractivity contribution in [3.8, 4) is 5.75 Å². The highest BCUT2D eigenvalue weighted by Gasteiger charge is 2.45. The normalized spacial score (nSPS) is 15.6. The van der Waals surface area contributed by atoms with Crippen LogP contribution in [0.2, 0.25) is 0 Å². The van der Waals surface area contributed by atoms with Crippen LogP contribution in [0.4, 0.5) is 11.4 Å². The molecule has 1 unspecified atom stereocenters. The molecule has 1 N–H and O–H groups in total. The van der Waals surface area contributed by atoms with Gasteiger partial charge in [-0.25, -0.2) is 0 Å². The van der Waals surface area contributed by atoms with E-state index in [0.29, 0.717) is 24.6 Å². The Morgan fingerprint density at radius 2 is 1.79 bits per heavy atom. The first-order chi connectivity index (χ1) is 18.8. The number of amides is 2. The van der Waals surface area contributed by atoms with Crippen LogP contribution < -0.4 is 19.9 Å². The van der Waals surface area contributed by atoms with E-state index in [1.54, 1.807) is 36.9 Å². The number of nitrogens with zero attached hydrogens (tertiary/aromatic N) is 4. The molecule has 3 aromatic rings. The summed E-state index contributed by atoms with van der Waals surface area (Å²) in [4.78, 5) is 38.1. The highest BCUT2D eigenvalue weighted by Crippen LogP contribution is 2.40. The Balaban J connectivity index is 1.37. The van der Waals surface area contributed by atoms with E-state index in [1.165, 1.54) is 11.1 Å². The van der Waals surface area contributed by atoms with Gasteiger partial charge in [-0.05, 0) is 87.5 Å². The summed E-state index contributed by atoms with van der Waals surface area (Å²) in [7, 11) is 1.73. The molecule has 0 saturated heterocycles. The first kappa shape index (κ1) is 28.2. The van der Waals surface area contributed by atoms with Crippen molar-refractivity contribution in [3.05, 3.63) is 78.4 Å². The number of benzene rings is 1. The van der Waals surface area contributed by atoms with Crippen LogP contribution in [-0.4, -0.2) is 48.5 Å². The molecule has 8 heteroatoms. The van der Waals surface area contributed by atoms with E-state index in [1.807, 2.05) is 49.8 Å². The molecule has 0 aliphatic carbocycles. The summed E-state index contributed by atoms with van der Waals surface area (Å²) < 4.78 is 6.09. The molecule has 1 aromatic carbocycles. The topological polar surface area (TPSA) is 87.7 Å². The number of hydrogen-bond acceptors (Lipinski definition) is 6. The van der Waals surface area contributed by atoms with Gasteiger partial charge in [0.1, 0.15) is 11.2 Å². The molecule has 1 aliphatic heterocycles. The number of anilines is 2. The summed E-state index contributed by atoms with van der Waals surface area (Å²) >= 11 is 0. The molecule has 3 heterocycles. The van der Waals surface area contributed by atoms with Crippen molar-refractivity contribution in [1.29, 1.82) is 0 Å². The number of hydrogen-bond donors (Lipinski definition) is 1. The van der Waals surface area contributed by atoms with E-state index < -0.39 is 5.41 Å². The molecule has 0 fully saturated rings. The lowest BCUT2D eigenvalue weighted by Gasteiger charge is -2.27. The molecule has 0 saturated carbocycles. The summed E-state index contributed by atoms with van der Waals surface area (Å²) in [6, 6.07) is 14.0. The predicted molar refractivity (Wildman–Crippen MR) is 154 cm³/mol. The first-order valence-corrected chi connectivity index (χ1v) is 13.7. The minimum Gasteiger partial charge on any atom is -0.493 e. The maximum absolute atomic E-state index is 13.2. The van der Waals surface area contributed by atoms with Gasteiger partial charge in [0.25, 0.3) is 0 Å². The largest absolute Gasteiger partial charge is 0.493 e. The summed E-state index contributed by atoms with van der Waals surface area (Å²) in [6.07, 6.45) is 10.9. The van der Waals surface area contributed by atoms with Crippen molar-refractivity contribution in [3.63, 3.8) is 0 Å². The fraction of sp³-hybridized carbons (Fsp3) is 0.419. The van der Waals surface area contributed by atoms with E-state index in [2.05, 4.69) is 33.5 Å². The van der Waals surface area contributed by atoms with Gasteiger partial charge in [0, 0.05) is 50.5 Å². The number of rotatable bonds is 12. The lowest BCUT2D eigenvalue weighted by Crippen LogP contribution is -2.47. The maximum Gasteiger partial charge on any atom is 0.242 e. The average Bonchev–Trinajstić information content (AvgIpc) is 3.01. The number of ether oxygens (including phenoxy) is 1.